The first-order valence-electron chi connectivity index (χ1n) is 5.37. The summed E-state index contributed by atoms with van der Waals surface area (Å²) >= 11 is 2.56. The van der Waals surface area contributed by atoms with Crippen LogP contribution in [-0.4, -0.2) is 34.0 Å². The highest BCUT2D eigenvalue weighted by Crippen LogP contribution is 2.25. The van der Waals surface area contributed by atoms with Gasteiger partial charge in [0.25, 0.3) is 0 Å². The van der Waals surface area contributed by atoms with E-state index < -0.39 is 5.92 Å². The molecule has 0 aliphatic heterocycles. The molecule has 0 aromatic carbocycles. The largest absolute Gasteiger partial charge is 0.357 e. The minimum Gasteiger partial charge on any atom is -0.357 e. The van der Waals surface area contributed by atoms with E-state index in [1.165, 1.54) is 30.0 Å². The van der Waals surface area contributed by atoms with Crippen molar-refractivity contribution in [3.8, 4) is 6.07 Å². The fourth-order valence-corrected chi connectivity index (χ4v) is 2.79. The number of thioether (sulfide) groups is 1. The SMILES string of the molecule is C=CCNc1nnc(SCC(=O)C(C#N)C(C)=N)s1. The summed E-state index contributed by atoms with van der Waals surface area (Å²) < 4.78 is 0.652. The summed E-state index contributed by atoms with van der Waals surface area (Å²) in [7, 11) is 0. The van der Waals surface area contributed by atoms with E-state index in [-0.39, 0.29) is 17.2 Å². The summed E-state index contributed by atoms with van der Waals surface area (Å²) in [4.78, 5) is 11.7. The molecule has 0 saturated heterocycles. The molecule has 1 aromatic rings. The van der Waals surface area contributed by atoms with E-state index in [9.17, 15) is 4.79 Å². The Bertz CT molecular complexity index is 519. The maximum absolute atomic E-state index is 11.7. The van der Waals surface area contributed by atoms with Crippen LogP contribution in [0.3, 0.4) is 0 Å². The number of ketones is 1. The highest BCUT2D eigenvalue weighted by Gasteiger charge is 2.20. The second kappa shape index (κ2) is 7.66. The number of carbonyl (C=O) groups is 1. The first-order valence-corrected chi connectivity index (χ1v) is 7.17. The predicted octanol–water partition coefficient (Wildman–Crippen LogP) is 1.98. The Morgan fingerprint density at radius 2 is 2.47 bits per heavy atom. The molecule has 1 heterocycles. The van der Waals surface area contributed by atoms with Gasteiger partial charge in [-0.1, -0.05) is 29.2 Å². The van der Waals surface area contributed by atoms with Crippen molar-refractivity contribution < 1.29 is 4.79 Å². The summed E-state index contributed by atoms with van der Waals surface area (Å²) in [6.45, 7) is 5.64. The van der Waals surface area contributed by atoms with Crippen LogP contribution < -0.4 is 5.32 Å². The standard InChI is InChI=1S/C11H13N5OS2/c1-3-4-14-10-15-16-11(19-10)18-6-9(17)8(5-12)7(2)13/h3,8,13H,1,4,6H2,2H3,(H,14,15). The molecule has 6 nitrogen and oxygen atoms in total. The van der Waals surface area contributed by atoms with Gasteiger partial charge in [0.1, 0.15) is 5.92 Å². The molecule has 19 heavy (non-hydrogen) atoms. The van der Waals surface area contributed by atoms with E-state index >= 15 is 0 Å². The number of hydrogen-bond donors (Lipinski definition) is 2. The number of nitrogens with zero attached hydrogens (tertiary/aromatic N) is 3. The molecule has 0 saturated carbocycles. The normalized spacial score (nSPS) is 11.4. The van der Waals surface area contributed by atoms with E-state index in [0.717, 1.165) is 0 Å². The molecular weight excluding hydrogens is 282 g/mol. The first-order chi connectivity index (χ1) is 9.08. The number of aromatic nitrogens is 2. The lowest BCUT2D eigenvalue weighted by atomic mass is 10.0. The zero-order valence-corrected chi connectivity index (χ0v) is 12.0. The Hall–Kier alpha value is -1.72. The average molecular weight is 295 g/mol. The third-order valence-electron chi connectivity index (χ3n) is 2.03. The summed E-state index contributed by atoms with van der Waals surface area (Å²) in [6, 6.07) is 1.83. The number of Topliss-reactive ketones (excluding diaryl/α,β-unsaturated/α-hetero) is 1. The second-order valence-corrected chi connectivity index (χ2v) is 5.74. The third kappa shape index (κ3) is 4.81. The minimum absolute atomic E-state index is 0.0682. The van der Waals surface area contributed by atoms with E-state index in [1.54, 1.807) is 6.08 Å². The van der Waals surface area contributed by atoms with E-state index in [4.69, 9.17) is 10.7 Å². The van der Waals surface area contributed by atoms with Gasteiger partial charge in [-0.3, -0.25) is 4.79 Å². The fourth-order valence-electron chi connectivity index (χ4n) is 1.13. The number of nitrogens with one attached hydrogen (secondary N) is 2. The van der Waals surface area contributed by atoms with Gasteiger partial charge in [-0.05, 0) is 6.92 Å². The van der Waals surface area contributed by atoms with Crippen molar-refractivity contribution in [1.82, 2.24) is 10.2 Å². The van der Waals surface area contributed by atoms with Crippen molar-refractivity contribution in [2.45, 2.75) is 11.3 Å². The Labute approximate surface area is 119 Å². The summed E-state index contributed by atoms with van der Waals surface area (Å²) in [5, 5.41) is 27.6. The van der Waals surface area contributed by atoms with E-state index in [2.05, 4.69) is 22.1 Å². The van der Waals surface area contributed by atoms with E-state index in [0.29, 0.717) is 16.0 Å². The molecule has 0 fully saturated rings. The van der Waals surface area contributed by atoms with Crippen molar-refractivity contribution in [2.24, 2.45) is 5.92 Å². The van der Waals surface area contributed by atoms with Crippen LogP contribution in [0.2, 0.25) is 0 Å². The molecule has 1 atom stereocenters. The van der Waals surface area contributed by atoms with Crippen LogP contribution in [0.5, 0.6) is 0 Å². The maximum Gasteiger partial charge on any atom is 0.206 e. The molecule has 1 aromatic heterocycles. The molecule has 1 rings (SSSR count). The topological polar surface area (TPSA) is 103 Å². The quantitative estimate of drug-likeness (QED) is 0.432. The Morgan fingerprint density at radius 1 is 1.74 bits per heavy atom. The molecule has 0 amide bonds. The lowest BCUT2D eigenvalue weighted by Gasteiger charge is -2.03. The number of rotatable bonds is 8. The number of anilines is 1. The van der Waals surface area contributed by atoms with Crippen LogP contribution in [0.4, 0.5) is 5.13 Å². The molecule has 100 valence electrons. The molecule has 8 heteroatoms. The zero-order chi connectivity index (χ0) is 14.3. The van der Waals surface area contributed by atoms with Gasteiger partial charge >= 0.3 is 0 Å². The van der Waals surface area contributed by atoms with Crippen LogP contribution in [0, 0.1) is 22.7 Å². The number of carbonyl (C=O) groups excluding carboxylic acids is 1. The maximum atomic E-state index is 11.7. The van der Waals surface area contributed by atoms with Gasteiger partial charge in [0.15, 0.2) is 10.1 Å². The number of hydrogen-bond acceptors (Lipinski definition) is 8. The molecule has 0 bridgehead atoms. The van der Waals surface area contributed by atoms with Crippen LogP contribution in [0.15, 0.2) is 17.0 Å². The minimum atomic E-state index is -0.959. The van der Waals surface area contributed by atoms with Crippen molar-refractivity contribution in [3.63, 3.8) is 0 Å². The molecule has 0 spiro atoms. The lowest BCUT2D eigenvalue weighted by Crippen LogP contribution is -2.21. The second-order valence-electron chi connectivity index (χ2n) is 3.54. The van der Waals surface area contributed by atoms with Gasteiger partial charge < -0.3 is 10.7 Å². The predicted molar refractivity (Wildman–Crippen MR) is 76.8 cm³/mol. The van der Waals surface area contributed by atoms with Crippen molar-refractivity contribution in [3.05, 3.63) is 12.7 Å². The van der Waals surface area contributed by atoms with Gasteiger partial charge in [-0.2, -0.15) is 5.26 Å². The van der Waals surface area contributed by atoms with Crippen LogP contribution >= 0.6 is 23.1 Å². The summed E-state index contributed by atoms with van der Waals surface area (Å²) in [5.41, 5.74) is 0.0682. The summed E-state index contributed by atoms with van der Waals surface area (Å²) in [5.74, 6) is -1.13. The van der Waals surface area contributed by atoms with Gasteiger partial charge in [-0.15, -0.1) is 16.8 Å². The molecule has 1 unspecified atom stereocenters. The summed E-state index contributed by atoms with van der Waals surface area (Å²) in [6.07, 6.45) is 1.71. The Kier molecular flexibility index (Phi) is 6.18. The Morgan fingerprint density at radius 3 is 3.05 bits per heavy atom. The van der Waals surface area contributed by atoms with Crippen molar-refractivity contribution in [1.29, 1.82) is 10.7 Å². The fraction of sp³-hybridized carbons (Fsp3) is 0.364. The Balaban J connectivity index is 2.50. The van der Waals surface area contributed by atoms with Gasteiger partial charge in [-0.25, -0.2) is 0 Å². The van der Waals surface area contributed by atoms with Gasteiger partial charge in [0.2, 0.25) is 5.13 Å². The highest BCUT2D eigenvalue weighted by molar-refractivity contribution is 8.01. The monoisotopic (exact) mass is 295 g/mol. The molecule has 2 N–H and O–H groups in total. The van der Waals surface area contributed by atoms with E-state index in [1.807, 2.05) is 6.07 Å². The first kappa shape index (κ1) is 15.3. The highest BCUT2D eigenvalue weighted by atomic mass is 32.2. The van der Waals surface area contributed by atoms with Crippen LogP contribution in [0.1, 0.15) is 6.92 Å². The van der Waals surface area contributed by atoms with Crippen LogP contribution in [0.25, 0.3) is 0 Å². The molecule has 0 aliphatic carbocycles. The van der Waals surface area contributed by atoms with Crippen LogP contribution in [-0.2, 0) is 4.79 Å². The lowest BCUT2D eigenvalue weighted by molar-refractivity contribution is -0.117. The molecule has 0 aliphatic rings. The average Bonchev–Trinajstić information content (AvgIpc) is 2.82. The van der Waals surface area contributed by atoms with Crippen molar-refractivity contribution >= 4 is 39.7 Å². The van der Waals surface area contributed by atoms with Gasteiger partial charge in [0.05, 0.1) is 11.8 Å². The molecular formula is C11H13N5OS2. The smallest absolute Gasteiger partial charge is 0.206 e. The van der Waals surface area contributed by atoms with Crippen molar-refractivity contribution in [2.75, 3.05) is 17.6 Å². The number of nitriles is 1. The zero-order valence-electron chi connectivity index (χ0n) is 10.3. The third-order valence-corrected chi connectivity index (χ3v) is 4.06. The molecule has 0 radical (unpaired) electrons. The van der Waals surface area contributed by atoms with Gasteiger partial charge in [0, 0.05) is 12.3 Å².